The molecule has 1 aliphatic heterocycles. The van der Waals surface area contributed by atoms with Crippen molar-refractivity contribution in [3.63, 3.8) is 0 Å². The van der Waals surface area contributed by atoms with Gasteiger partial charge >= 0.3 is 5.97 Å². The van der Waals surface area contributed by atoms with Gasteiger partial charge in [-0.25, -0.2) is 13.2 Å². The van der Waals surface area contributed by atoms with Crippen molar-refractivity contribution in [2.45, 2.75) is 38.2 Å². The first-order chi connectivity index (χ1) is 13.7. The van der Waals surface area contributed by atoms with Gasteiger partial charge in [0.25, 0.3) is 0 Å². The van der Waals surface area contributed by atoms with Crippen molar-refractivity contribution in [1.82, 2.24) is 0 Å². The molecular weight excluding hydrogens is 385 g/mol. The summed E-state index contributed by atoms with van der Waals surface area (Å²) in [5, 5.41) is 8.96. The first-order valence-electron chi connectivity index (χ1n) is 9.47. The molecule has 0 saturated heterocycles. The molecule has 0 radical (unpaired) electrons. The summed E-state index contributed by atoms with van der Waals surface area (Å²) in [7, 11) is 0. The van der Waals surface area contributed by atoms with E-state index >= 15 is 0 Å². The minimum absolute atomic E-state index is 0.0830. The number of carboxylic acids is 1. The lowest BCUT2D eigenvalue weighted by Crippen LogP contribution is -2.34. The van der Waals surface area contributed by atoms with Gasteiger partial charge in [0.2, 0.25) is 0 Å². The summed E-state index contributed by atoms with van der Waals surface area (Å²) in [6, 6.07) is 6.54. The van der Waals surface area contributed by atoms with Gasteiger partial charge in [0, 0.05) is 5.56 Å². The average Bonchev–Trinajstić information content (AvgIpc) is 3.33. The predicted molar refractivity (Wildman–Crippen MR) is 98.6 cm³/mol. The zero-order valence-corrected chi connectivity index (χ0v) is 16.0. The van der Waals surface area contributed by atoms with Crippen molar-refractivity contribution >= 4 is 5.97 Å². The van der Waals surface area contributed by atoms with Crippen molar-refractivity contribution in [2.24, 2.45) is 11.8 Å². The molecule has 2 aromatic carbocycles. The number of rotatable bonds is 6. The molecule has 0 bridgehead atoms. The first-order valence-corrected chi connectivity index (χ1v) is 9.47. The van der Waals surface area contributed by atoms with Crippen molar-refractivity contribution in [3.05, 3.63) is 58.9 Å². The Morgan fingerprint density at radius 2 is 1.90 bits per heavy atom. The van der Waals surface area contributed by atoms with Crippen LogP contribution in [0.4, 0.5) is 13.2 Å². The fraction of sp³-hybridized carbons (Fsp3) is 0.409. The molecule has 1 N–H and O–H groups in total. The fourth-order valence-electron chi connectivity index (χ4n) is 4.02. The second-order valence-electron chi connectivity index (χ2n) is 8.28. The lowest BCUT2D eigenvalue weighted by atomic mass is 9.87. The third-order valence-electron chi connectivity index (χ3n) is 5.75. The third-order valence-corrected chi connectivity index (χ3v) is 5.75. The van der Waals surface area contributed by atoms with Crippen LogP contribution in [0.15, 0.2) is 30.3 Å². The van der Waals surface area contributed by atoms with Gasteiger partial charge in [0.15, 0.2) is 17.4 Å². The molecule has 1 fully saturated rings. The van der Waals surface area contributed by atoms with E-state index in [1.807, 2.05) is 13.8 Å². The second kappa shape index (κ2) is 6.97. The Hall–Kier alpha value is -2.70. The summed E-state index contributed by atoms with van der Waals surface area (Å²) in [5.74, 6) is -3.91. The van der Waals surface area contributed by atoms with Crippen molar-refractivity contribution in [2.75, 3.05) is 6.61 Å². The third kappa shape index (κ3) is 3.78. The Balaban J connectivity index is 1.49. The van der Waals surface area contributed by atoms with Crippen LogP contribution in [0.25, 0.3) is 0 Å². The van der Waals surface area contributed by atoms with Gasteiger partial charge in [-0.15, -0.1) is 0 Å². The van der Waals surface area contributed by atoms with E-state index in [9.17, 15) is 18.0 Å². The highest BCUT2D eigenvalue weighted by Crippen LogP contribution is 2.45. The Morgan fingerprint density at radius 1 is 1.21 bits per heavy atom. The van der Waals surface area contributed by atoms with Gasteiger partial charge in [-0.2, -0.15) is 0 Å². The summed E-state index contributed by atoms with van der Waals surface area (Å²) < 4.78 is 53.9. The molecule has 0 aromatic heterocycles. The summed E-state index contributed by atoms with van der Waals surface area (Å²) >= 11 is 0. The smallest absolute Gasteiger partial charge is 0.306 e. The van der Waals surface area contributed by atoms with Gasteiger partial charge in [-0.1, -0.05) is 0 Å². The summed E-state index contributed by atoms with van der Waals surface area (Å²) in [6.07, 6.45) is 0.824. The van der Waals surface area contributed by atoms with Crippen LogP contribution in [0.1, 0.15) is 37.3 Å². The molecule has 1 aliphatic carbocycles. The monoisotopic (exact) mass is 406 g/mol. The molecule has 29 heavy (non-hydrogen) atoms. The summed E-state index contributed by atoms with van der Waals surface area (Å²) in [5.41, 5.74) is 0.278. The van der Waals surface area contributed by atoms with Crippen LogP contribution >= 0.6 is 0 Å². The molecule has 154 valence electrons. The van der Waals surface area contributed by atoms with Gasteiger partial charge in [-0.3, -0.25) is 4.79 Å². The van der Waals surface area contributed by atoms with Crippen LogP contribution in [0, 0.1) is 29.3 Å². The van der Waals surface area contributed by atoms with E-state index in [1.54, 1.807) is 0 Å². The Kier molecular flexibility index (Phi) is 4.71. The van der Waals surface area contributed by atoms with Gasteiger partial charge in [0.05, 0.1) is 18.4 Å². The summed E-state index contributed by atoms with van der Waals surface area (Å²) in [6.45, 7) is 3.53. The minimum atomic E-state index is -0.881. The number of ether oxygens (including phenoxy) is 2. The molecule has 0 spiro atoms. The van der Waals surface area contributed by atoms with E-state index in [0.717, 1.165) is 0 Å². The molecule has 4 rings (SSSR count). The van der Waals surface area contributed by atoms with E-state index in [1.165, 1.54) is 30.3 Å². The lowest BCUT2D eigenvalue weighted by Gasteiger charge is -2.26. The number of aliphatic carboxylic acids is 1. The number of carbonyl (C=O) groups is 1. The maximum atomic E-state index is 14.5. The van der Waals surface area contributed by atoms with Crippen molar-refractivity contribution in [3.8, 4) is 11.5 Å². The molecule has 0 amide bonds. The van der Waals surface area contributed by atoms with Crippen molar-refractivity contribution in [1.29, 1.82) is 0 Å². The topological polar surface area (TPSA) is 55.8 Å². The molecule has 1 heterocycles. The van der Waals surface area contributed by atoms with E-state index < -0.39 is 46.6 Å². The van der Waals surface area contributed by atoms with Crippen LogP contribution in [0.5, 0.6) is 11.5 Å². The van der Waals surface area contributed by atoms with E-state index in [0.29, 0.717) is 29.7 Å². The highest BCUT2D eigenvalue weighted by atomic mass is 19.1. The molecule has 3 atom stereocenters. The predicted octanol–water partition coefficient (Wildman–Crippen LogP) is 4.70. The fourth-order valence-corrected chi connectivity index (χ4v) is 4.02. The van der Waals surface area contributed by atoms with Gasteiger partial charge in [-0.05, 0) is 68.5 Å². The molecule has 2 aromatic rings. The zero-order chi connectivity index (χ0) is 20.9. The highest BCUT2D eigenvalue weighted by molar-refractivity contribution is 5.73. The quantitative estimate of drug-likeness (QED) is 0.756. The van der Waals surface area contributed by atoms with Gasteiger partial charge in [0.1, 0.15) is 17.2 Å². The standard InChI is InChI=1S/C22H21F3O4/c1-22(2)16(15-9-13(23)3-4-19(15)29-22)10-28-20-17(24)6-11(7-18(20)25)5-12-8-14(12)21(26)27/h3-4,6-7,9,12,14,16H,5,8,10H2,1-2H3,(H,26,27). The molecular formula is C22H21F3O4. The van der Waals surface area contributed by atoms with Crippen LogP contribution in [0.2, 0.25) is 0 Å². The SMILES string of the molecule is CC1(C)Oc2ccc(F)cc2C1COc1c(F)cc(CC2CC2C(=O)O)cc1F. The Morgan fingerprint density at radius 3 is 2.52 bits per heavy atom. The second-order valence-corrected chi connectivity index (χ2v) is 8.28. The van der Waals surface area contributed by atoms with Crippen LogP contribution in [-0.4, -0.2) is 23.3 Å². The zero-order valence-electron chi connectivity index (χ0n) is 16.0. The maximum Gasteiger partial charge on any atom is 0.306 e. The normalized spacial score (nSPS) is 24.0. The summed E-state index contributed by atoms with van der Waals surface area (Å²) in [4.78, 5) is 10.9. The van der Waals surface area contributed by atoms with Crippen LogP contribution < -0.4 is 9.47 Å². The molecule has 4 nitrogen and oxygen atoms in total. The minimum Gasteiger partial charge on any atom is -0.487 e. The molecule has 1 saturated carbocycles. The number of fused-ring (bicyclic) bond motifs is 1. The molecule has 7 heteroatoms. The van der Waals surface area contributed by atoms with Crippen LogP contribution in [-0.2, 0) is 11.2 Å². The van der Waals surface area contributed by atoms with Crippen LogP contribution in [0.3, 0.4) is 0 Å². The largest absolute Gasteiger partial charge is 0.487 e. The van der Waals surface area contributed by atoms with Gasteiger partial charge < -0.3 is 14.6 Å². The number of carboxylic acid groups (broad SMARTS) is 1. The highest BCUT2D eigenvalue weighted by Gasteiger charge is 2.43. The first kappa shape index (κ1) is 19.6. The Bertz CT molecular complexity index is 950. The average molecular weight is 406 g/mol. The number of benzene rings is 2. The van der Waals surface area contributed by atoms with E-state index in [2.05, 4.69) is 0 Å². The number of hydrogen-bond donors (Lipinski definition) is 1. The molecule has 2 aliphatic rings. The number of halogens is 3. The number of hydrogen-bond acceptors (Lipinski definition) is 3. The lowest BCUT2D eigenvalue weighted by molar-refractivity contribution is -0.138. The van der Waals surface area contributed by atoms with E-state index in [4.69, 9.17) is 14.6 Å². The maximum absolute atomic E-state index is 14.5. The van der Waals surface area contributed by atoms with Crippen molar-refractivity contribution < 1.29 is 32.5 Å². The van der Waals surface area contributed by atoms with E-state index in [-0.39, 0.29) is 12.5 Å². The Labute approximate surface area is 166 Å². The molecule has 3 unspecified atom stereocenters.